The molecule has 6 heteroatoms. The van der Waals surface area contributed by atoms with Gasteiger partial charge in [-0.05, 0) is 60.9 Å². The van der Waals surface area contributed by atoms with Crippen LogP contribution in [0.1, 0.15) is 16.7 Å². The Balaban J connectivity index is 1.49. The SMILES string of the molecule is Cc1cc(C)cc(OCCOc2ccc(/C=C3\SC(=S)NC3=O)cc2)c1. The zero-order valence-corrected chi connectivity index (χ0v) is 16.2. The fraction of sp³-hybridized carbons (Fsp3) is 0.200. The quantitative estimate of drug-likeness (QED) is 0.458. The molecule has 0 unspecified atom stereocenters. The molecule has 1 amide bonds. The van der Waals surface area contributed by atoms with Gasteiger partial charge in [-0.2, -0.15) is 0 Å². The molecule has 1 aliphatic rings. The highest BCUT2D eigenvalue weighted by molar-refractivity contribution is 8.26. The first-order chi connectivity index (χ1) is 12.5. The van der Waals surface area contributed by atoms with Gasteiger partial charge in [0.05, 0.1) is 4.91 Å². The third-order valence-electron chi connectivity index (χ3n) is 3.64. The van der Waals surface area contributed by atoms with E-state index in [2.05, 4.69) is 25.2 Å². The highest BCUT2D eigenvalue weighted by Crippen LogP contribution is 2.26. The summed E-state index contributed by atoms with van der Waals surface area (Å²) in [6, 6.07) is 13.7. The van der Waals surface area contributed by atoms with Gasteiger partial charge in [0, 0.05) is 0 Å². The lowest BCUT2D eigenvalue weighted by atomic mass is 10.1. The second-order valence-electron chi connectivity index (χ2n) is 5.94. The van der Waals surface area contributed by atoms with Gasteiger partial charge in [-0.25, -0.2) is 0 Å². The van der Waals surface area contributed by atoms with Crippen molar-refractivity contribution in [3.05, 3.63) is 64.1 Å². The van der Waals surface area contributed by atoms with Gasteiger partial charge >= 0.3 is 0 Å². The molecule has 0 atom stereocenters. The van der Waals surface area contributed by atoms with Gasteiger partial charge in [0.15, 0.2) is 0 Å². The maximum absolute atomic E-state index is 11.7. The largest absolute Gasteiger partial charge is 0.490 e. The predicted octanol–water partition coefficient (Wildman–Crippen LogP) is 4.25. The number of thiocarbonyl (C=S) groups is 1. The number of aryl methyl sites for hydroxylation is 2. The molecule has 1 fully saturated rings. The molecular formula is C20H19NO3S2. The lowest BCUT2D eigenvalue weighted by Crippen LogP contribution is -2.17. The average Bonchev–Trinajstić information content (AvgIpc) is 2.89. The van der Waals surface area contributed by atoms with E-state index in [1.165, 1.54) is 22.9 Å². The van der Waals surface area contributed by atoms with Crippen molar-refractivity contribution >= 4 is 40.3 Å². The molecule has 2 aromatic rings. The lowest BCUT2D eigenvalue weighted by molar-refractivity contribution is -0.115. The van der Waals surface area contributed by atoms with E-state index in [1.807, 2.05) is 42.5 Å². The van der Waals surface area contributed by atoms with E-state index in [4.69, 9.17) is 21.7 Å². The number of hydrogen-bond acceptors (Lipinski definition) is 5. The van der Waals surface area contributed by atoms with Crippen LogP contribution in [0.3, 0.4) is 0 Å². The zero-order chi connectivity index (χ0) is 18.5. The highest BCUT2D eigenvalue weighted by Gasteiger charge is 2.21. The Labute approximate surface area is 162 Å². The molecule has 0 saturated carbocycles. The van der Waals surface area contributed by atoms with Crippen LogP contribution in [-0.4, -0.2) is 23.4 Å². The minimum Gasteiger partial charge on any atom is -0.490 e. The molecule has 1 aliphatic heterocycles. The second-order valence-corrected chi connectivity index (χ2v) is 7.66. The summed E-state index contributed by atoms with van der Waals surface area (Å²) in [4.78, 5) is 12.3. The van der Waals surface area contributed by atoms with Gasteiger partial charge in [0.25, 0.3) is 5.91 Å². The molecule has 3 rings (SSSR count). The number of nitrogens with one attached hydrogen (secondary N) is 1. The summed E-state index contributed by atoms with van der Waals surface area (Å²) in [6.45, 7) is 5.03. The Morgan fingerprint density at radius 2 is 1.62 bits per heavy atom. The maximum atomic E-state index is 11.7. The van der Waals surface area contributed by atoms with E-state index in [-0.39, 0.29) is 5.91 Å². The topological polar surface area (TPSA) is 47.6 Å². The van der Waals surface area contributed by atoms with Gasteiger partial charge in [0.1, 0.15) is 29.0 Å². The number of thioether (sulfide) groups is 1. The zero-order valence-electron chi connectivity index (χ0n) is 14.6. The van der Waals surface area contributed by atoms with Crippen molar-refractivity contribution in [1.29, 1.82) is 0 Å². The summed E-state index contributed by atoms with van der Waals surface area (Å²) in [5.74, 6) is 1.47. The van der Waals surface area contributed by atoms with Crippen LogP contribution in [0.5, 0.6) is 11.5 Å². The first-order valence-corrected chi connectivity index (χ1v) is 9.41. The molecule has 134 valence electrons. The van der Waals surface area contributed by atoms with E-state index in [1.54, 1.807) is 0 Å². The first-order valence-electron chi connectivity index (χ1n) is 8.18. The standard InChI is InChI=1S/C20H19NO3S2/c1-13-9-14(2)11-17(10-13)24-8-7-23-16-5-3-15(4-6-16)12-18-19(22)21-20(25)26-18/h3-6,9-12H,7-8H2,1-2H3,(H,21,22,25)/b18-12-. The van der Waals surface area contributed by atoms with Gasteiger partial charge < -0.3 is 14.8 Å². The Morgan fingerprint density at radius 1 is 1.00 bits per heavy atom. The molecule has 0 spiro atoms. The van der Waals surface area contributed by atoms with Gasteiger partial charge in [-0.15, -0.1) is 0 Å². The molecule has 2 aromatic carbocycles. The Hall–Kier alpha value is -2.31. The van der Waals surface area contributed by atoms with Crippen LogP contribution < -0.4 is 14.8 Å². The minimum atomic E-state index is -0.149. The molecular weight excluding hydrogens is 366 g/mol. The summed E-state index contributed by atoms with van der Waals surface area (Å²) in [6.07, 6.45) is 1.81. The van der Waals surface area contributed by atoms with Crippen molar-refractivity contribution in [3.63, 3.8) is 0 Å². The number of ether oxygens (including phenoxy) is 2. The molecule has 0 radical (unpaired) electrons. The predicted molar refractivity (Wildman–Crippen MR) is 110 cm³/mol. The molecule has 1 N–H and O–H groups in total. The lowest BCUT2D eigenvalue weighted by Gasteiger charge is -2.10. The Bertz CT molecular complexity index is 840. The van der Waals surface area contributed by atoms with Crippen LogP contribution in [0.25, 0.3) is 6.08 Å². The van der Waals surface area contributed by atoms with E-state index in [0.717, 1.165) is 17.1 Å². The smallest absolute Gasteiger partial charge is 0.263 e. The molecule has 4 nitrogen and oxygen atoms in total. The van der Waals surface area contributed by atoms with E-state index >= 15 is 0 Å². The summed E-state index contributed by atoms with van der Waals surface area (Å²) in [5.41, 5.74) is 3.28. The van der Waals surface area contributed by atoms with Crippen molar-refractivity contribution in [1.82, 2.24) is 5.32 Å². The number of carbonyl (C=O) groups is 1. The fourth-order valence-corrected chi connectivity index (χ4v) is 3.61. The highest BCUT2D eigenvalue weighted by atomic mass is 32.2. The van der Waals surface area contributed by atoms with Gasteiger partial charge in [-0.3, -0.25) is 4.79 Å². The van der Waals surface area contributed by atoms with Crippen molar-refractivity contribution in [2.75, 3.05) is 13.2 Å². The van der Waals surface area contributed by atoms with Crippen molar-refractivity contribution in [2.24, 2.45) is 0 Å². The van der Waals surface area contributed by atoms with Crippen molar-refractivity contribution in [2.45, 2.75) is 13.8 Å². The number of hydrogen-bond donors (Lipinski definition) is 1. The van der Waals surface area contributed by atoms with E-state index in [9.17, 15) is 4.79 Å². The average molecular weight is 386 g/mol. The van der Waals surface area contributed by atoms with Crippen LogP contribution in [-0.2, 0) is 4.79 Å². The number of amides is 1. The normalized spacial score (nSPS) is 15.2. The summed E-state index contributed by atoms with van der Waals surface area (Å²) >= 11 is 6.25. The summed E-state index contributed by atoms with van der Waals surface area (Å²) in [5, 5.41) is 2.60. The van der Waals surface area contributed by atoms with E-state index in [0.29, 0.717) is 22.4 Å². The molecule has 0 aromatic heterocycles. The van der Waals surface area contributed by atoms with E-state index < -0.39 is 0 Å². The summed E-state index contributed by atoms with van der Waals surface area (Å²) < 4.78 is 11.9. The maximum Gasteiger partial charge on any atom is 0.263 e. The fourth-order valence-electron chi connectivity index (χ4n) is 2.57. The van der Waals surface area contributed by atoms with Crippen LogP contribution in [0.4, 0.5) is 0 Å². The molecule has 0 aliphatic carbocycles. The Morgan fingerprint density at radius 3 is 2.19 bits per heavy atom. The minimum absolute atomic E-state index is 0.149. The van der Waals surface area contributed by atoms with Crippen LogP contribution in [0, 0.1) is 13.8 Å². The van der Waals surface area contributed by atoms with Gasteiger partial charge in [-0.1, -0.05) is 42.2 Å². The van der Waals surface area contributed by atoms with Crippen molar-refractivity contribution in [3.8, 4) is 11.5 Å². The van der Waals surface area contributed by atoms with Crippen molar-refractivity contribution < 1.29 is 14.3 Å². The number of rotatable bonds is 6. The molecule has 0 bridgehead atoms. The molecule has 26 heavy (non-hydrogen) atoms. The molecule has 1 heterocycles. The third-order valence-corrected chi connectivity index (χ3v) is 4.80. The van der Waals surface area contributed by atoms with Crippen LogP contribution in [0.2, 0.25) is 0 Å². The summed E-state index contributed by atoms with van der Waals surface area (Å²) in [7, 11) is 0. The number of carbonyl (C=O) groups excluding carboxylic acids is 1. The van der Waals surface area contributed by atoms with Gasteiger partial charge in [0.2, 0.25) is 0 Å². The Kier molecular flexibility index (Phi) is 5.96. The third kappa shape index (κ3) is 5.09. The monoisotopic (exact) mass is 385 g/mol. The number of benzene rings is 2. The first kappa shape index (κ1) is 18.5. The van der Waals surface area contributed by atoms with Crippen LogP contribution >= 0.6 is 24.0 Å². The van der Waals surface area contributed by atoms with Crippen LogP contribution in [0.15, 0.2) is 47.4 Å². The molecule has 1 saturated heterocycles. The second kappa shape index (κ2) is 8.38.